The zero-order valence-electron chi connectivity index (χ0n) is 21.0. The average Bonchev–Trinajstić information content (AvgIpc) is 3.21. The van der Waals surface area contributed by atoms with Crippen LogP contribution in [0.25, 0.3) is 0 Å². The number of hydrogen-bond acceptors (Lipinski definition) is 4. The van der Waals surface area contributed by atoms with Crippen LogP contribution in [0.2, 0.25) is 0 Å². The van der Waals surface area contributed by atoms with Gasteiger partial charge in [-0.1, -0.05) is 78.4 Å². The van der Waals surface area contributed by atoms with Crippen LogP contribution in [0.1, 0.15) is 50.8 Å². The van der Waals surface area contributed by atoms with Crippen molar-refractivity contribution in [1.82, 2.24) is 5.01 Å². The zero-order chi connectivity index (χ0) is 25.8. The first kappa shape index (κ1) is 22.7. The fourth-order valence-electron chi connectivity index (χ4n) is 6.40. The number of carbonyl (C=O) groups excluding carboxylic acids is 2. The van der Waals surface area contributed by atoms with E-state index in [4.69, 9.17) is 4.74 Å². The summed E-state index contributed by atoms with van der Waals surface area (Å²) in [5, 5.41) is 5.51. The summed E-state index contributed by atoms with van der Waals surface area (Å²) < 4.78 is 5.89. The topological polar surface area (TPSA) is 59.0 Å². The van der Waals surface area contributed by atoms with Gasteiger partial charge >= 0.3 is 0 Å². The molecule has 1 aliphatic heterocycles. The second-order valence-electron chi connectivity index (χ2n) is 10.3. The molecule has 0 N–H and O–H groups in total. The molecule has 4 aliphatic rings. The van der Waals surface area contributed by atoms with E-state index in [1.807, 2.05) is 48.5 Å². The molecule has 2 bridgehead atoms. The Kier molecular flexibility index (Phi) is 5.25. The summed E-state index contributed by atoms with van der Waals surface area (Å²) in [6.07, 6.45) is 1.58. The minimum Gasteiger partial charge on any atom is -0.489 e. The third-order valence-corrected chi connectivity index (χ3v) is 8.15. The van der Waals surface area contributed by atoms with E-state index in [0.29, 0.717) is 6.61 Å². The van der Waals surface area contributed by atoms with Gasteiger partial charge in [-0.3, -0.25) is 9.59 Å². The number of benzene rings is 4. The molecule has 2 atom stereocenters. The van der Waals surface area contributed by atoms with Crippen molar-refractivity contribution in [1.29, 1.82) is 0 Å². The van der Waals surface area contributed by atoms with Gasteiger partial charge in [-0.15, -0.1) is 0 Å². The lowest BCUT2D eigenvalue weighted by atomic mass is 9.55. The summed E-state index contributed by atoms with van der Waals surface area (Å²) in [5.74, 6) is -0.784. The zero-order valence-corrected chi connectivity index (χ0v) is 21.0. The Morgan fingerprint density at radius 3 is 1.71 bits per heavy atom. The summed E-state index contributed by atoms with van der Waals surface area (Å²) in [6.45, 7) is 2.55. The molecule has 0 unspecified atom stereocenters. The third-order valence-electron chi connectivity index (χ3n) is 8.15. The van der Waals surface area contributed by atoms with E-state index in [1.165, 1.54) is 5.56 Å². The number of amides is 2. The minimum absolute atomic E-state index is 0.126. The maximum atomic E-state index is 13.6. The quantitative estimate of drug-likeness (QED) is 0.258. The Bertz CT molecular complexity index is 1470. The highest BCUT2D eigenvalue weighted by molar-refractivity contribution is 6.08. The van der Waals surface area contributed by atoms with Crippen molar-refractivity contribution in [2.75, 3.05) is 0 Å². The molecule has 0 spiro atoms. The molecule has 5 heteroatoms. The van der Waals surface area contributed by atoms with Crippen LogP contribution in [0.5, 0.6) is 5.75 Å². The molecule has 1 heterocycles. The number of carbonyl (C=O) groups is 2. The van der Waals surface area contributed by atoms with Gasteiger partial charge in [-0.05, 0) is 64.6 Å². The van der Waals surface area contributed by atoms with Crippen molar-refractivity contribution in [2.24, 2.45) is 16.9 Å². The molecule has 0 radical (unpaired) electrons. The molecule has 1 saturated heterocycles. The molecule has 0 saturated carbocycles. The fourth-order valence-corrected chi connectivity index (χ4v) is 6.40. The fraction of sp³-hybridized carbons (Fsp3) is 0.182. The number of hydrogen-bond donors (Lipinski definition) is 0. The maximum absolute atomic E-state index is 13.6. The largest absolute Gasteiger partial charge is 0.489 e. The first-order chi connectivity index (χ1) is 18.6. The summed E-state index contributed by atoms with van der Waals surface area (Å²) >= 11 is 0. The van der Waals surface area contributed by atoms with Gasteiger partial charge in [0.1, 0.15) is 12.4 Å². The van der Waals surface area contributed by atoms with E-state index in [1.54, 1.807) is 6.21 Å². The highest BCUT2D eigenvalue weighted by Gasteiger charge is 2.61. The van der Waals surface area contributed by atoms with Gasteiger partial charge in [-0.2, -0.15) is 10.1 Å². The predicted octanol–water partition coefficient (Wildman–Crippen LogP) is 5.80. The second-order valence-corrected chi connectivity index (χ2v) is 10.3. The Labute approximate surface area is 221 Å². The van der Waals surface area contributed by atoms with E-state index < -0.39 is 11.8 Å². The Hall–Kier alpha value is -4.51. The SMILES string of the molecule is Cc1ccc(COc2ccc(/C=N\N3C(=O)[C@H]4C5c6ccccc6C(c6ccccc65)[C@@H]4C3=O)cc2)cc1. The van der Waals surface area contributed by atoms with E-state index in [0.717, 1.165) is 44.1 Å². The number of imide groups is 1. The van der Waals surface area contributed by atoms with Crippen molar-refractivity contribution < 1.29 is 14.3 Å². The van der Waals surface area contributed by atoms with Crippen LogP contribution in [0.3, 0.4) is 0 Å². The first-order valence-electron chi connectivity index (χ1n) is 13.0. The summed E-state index contributed by atoms with van der Waals surface area (Å²) in [4.78, 5) is 27.3. The standard InChI is InChI=1S/C33H26N2O3/c1-20-10-12-22(13-11-20)19-38-23-16-14-21(15-17-23)18-34-35-32(36)30-28-24-6-2-3-7-25(24)29(31(30)33(35)37)27-9-5-4-8-26(27)28/h2-18,28-31H,19H2,1H3/b34-18-/t28?,29?,30-,31-/m0/s1. The van der Waals surface area contributed by atoms with Crippen LogP contribution < -0.4 is 4.74 Å². The van der Waals surface area contributed by atoms with Gasteiger partial charge in [0.25, 0.3) is 11.8 Å². The van der Waals surface area contributed by atoms with Crippen LogP contribution in [0.4, 0.5) is 0 Å². The van der Waals surface area contributed by atoms with E-state index in [2.05, 4.69) is 60.6 Å². The van der Waals surface area contributed by atoms with Crippen molar-refractivity contribution in [3.8, 4) is 5.75 Å². The molecule has 2 amide bonds. The second kappa shape index (κ2) is 8.80. The highest BCUT2D eigenvalue weighted by Crippen LogP contribution is 2.60. The van der Waals surface area contributed by atoms with E-state index in [-0.39, 0.29) is 23.7 Å². The molecule has 3 aliphatic carbocycles. The van der Waals surface area contributed by atoms with Crippen molar-refractivity contribution in [2.45, 2.75) is 25.4 Å². The van der Waals surface area contributed by atoms with Gasteiger partial charge < -0.3 is 4.74 Å². The number of ether oxygens (including phenoxy) is 1. The van der Waals surface area contributed by atoms with Crippen LogP contribution in [-0.2, 0) is 16.2 Å². The number of aryl methyl sites for hydroxylation is 1. The van der Waals surface area contributed by atoms with Crippen molar-refractivity contribution >= 4 is 18.0 Å². The number of hydrazone groups is 1. The van der Waals surface area contributed by atoms with Gasteiger partial charge in [0, 0.05) is 11.8 Å². The molecular formula is C33H26N2O3. The van der Waals surface area contributed by atoms with Gasteiger partial charge in [-0.25, -0.2) is 0 Å². The Morgan fingerprint density at radius 2 is 1.21 bits per heavy atom. The molecule has 4 aromatic carbocycles. The van der Waals surface area contributed by atoms with Crippen LogP contribution in [0.15, 0.2) is 102 Å². The van der Waals surface area contributed by atoms with Crippen LogP contribution in [-0.4, -0.2) is 23.0 Å². The lowest BCUT2D eigenvalue weighted by Gasteiger charge is -2.45. The molecule has 38 heavy (non-hydrogen) atoms. The maximum Gasteiger partial charge on any atom is 0.254 e. The van der Waals surface area contributed by atoms with Gasteiger partial charge in [0.2, 0.25) is 0 Å². The first-order valence-corrected chi connectivity index (χ1v) is 13.0. The summed E-state index contributed by atoms with van der Waals surface area (Å²) in [7, 11) is 0. The van der Waals surface area contributed by atoms with E-state index in [9.17, 15) is 9.59 Å². The van der Waals surface area contributed by atoms with Gasteiger partial charge in [0.05, 0.1) is 18.1 Å². The molecule has 1 fully saturated rings. The Morgan fingerprint density at radius 1 is 0.711 bits per heavy atom. The Balaban J connectivity index is 1.12. The molecule has 4 aromatic rings. The predicted molar refractivity (Wildman–Crippen MR) is 145 cm³/mol. The summed E-state index contributed by atoms with van der Waals surface area (Å²) in [6, 6.07) is 32.2. The third kappa shape index (κ3) is 3.50. The lowest BCUT2D eigenvalue weighted by Crippen LogP contribution is -2.41. The monoisotopic (exact) mass is 498 g/mol. The number of rotatable bonds is 5. The molecule has 0 aromatic heterocycles. The lowest BCUT2D eigenvalue weighted by molar-refractivity contribution is -0.139. The molecule has 5 nitrogen and oxygen atoms in total. The molecular weight excluding hydrogens is 472 g/mol. The van der Waals surface area contributed by atoms with Gasteiger partial charge in [0.15, 0.2) is 0 Å². The smallest absolute Gasteiger partial charge is 0.254 e. The summed E-state index contributed by atoms with van der Waals surface area (Å²) in [5.41, 5.74) is 7.74. The molecule has 186 valence electrons. The number of nitrogens with zero attached hydrogens (tertiary/aromatic N) is 2. The van der Waals surface area contributed by atoms with Crippen molar-refractivity contribution in [3.05, 3.63) is 136 Å². The normalized spacial score (nSPS) is 22.9. The van der Waals surface area contributed by atoms with Crippen LogP contribution >= 0.6 is 0 Å². The average molecular weight is 499 g/mol. The van der Waals surface area contributed by atoms with E-state index >= 15 is 0 Å². The van der Waals surface area contributed by atoms with Crippen LogP contribution in [0, 0.1) is 18.8 Å². The highest BCUT2D eigenvalue weighted by atomic mass is 16.5. The van der Waals surface area contributed by atoms with Crippen molar-refractivity contribution in [3.63, 3.8) is 0 Å². The minimum atomic E-state index is -0.424. The molecule has 8 rings (SSSR count).